The summed E-state index contributed by atoms with van der Waals surface area (Å²) in [6, 6.07) is 20.6. The fourth-order valence-electron chi connectivity index (χ4n) is 3.24. The molecule has 0 spiro atoms. The third kappa shape index (κ3) is 4.64. The first kappa shape index (κ1) is 21.2. The number of hydrogen-bond donors (Lipinski definition) is 2. The maximum atomic E-state index is 13.0. The molecular formula is C24H18F3N3O2. The molecule has 0 bridgehead atoms. The first-order valence-corrected chi connectivity index (χ1v) is 9.70. The van der Waals surface area contributed by atoms with Crippen molar-refractivity contribution in [2.45, 2.75) is 12.7 Å². The van der Waals surface area contributed by atoms with Crippen LogP contribution in [0.3, 0.4) is 0 Å². The van der Waals surface area contributed by atoms with Crippen molar-refractivity contribution in [3.63, 3.8) is 0 Å². The number of aromatic carboxylic acids is 1. The van der Waals surface area contributed by atoms with Crippen molar-refractivity contribution in [1.29, 1.82) is 0 Å². The quantitative estimate of drug-likeness (QED) is 0.396. The smallest absolute Gasteiger partial charge is 0.416 e. The first-order valence-electron chi connectivity index (χ1n) is 9.70. The Bertz CT molecular complexity index is 1220. The van der Waals surface area contributed by atoms with E-state index in [4.69, 9.17) is 5.11 Å². The van der Waals surface area contributed by atoms with Crippen LogP contribution in [0.1, 0.15) is 21.5 Å². The molecule has 162 valence electrons. The van der Waals surface area contributed by atoms with Crippen LogP contribution in [-0.4, -0.2) is 20.9 Å². The highest BCUT2D eigenvalue weighted by Crippen LogP contribution is 2.32. The van der Waals surface area contributed by atoms with Gasteiger partial charge in [0.15, 0.2) is 0 Å². The van der Waals surface area contributed by atoms with Crippen molar-refractivity contribution >= 4 is 11.7 Å². The zero-order valence-corrected chi connectivity index (χ0v) is 16.7. The van der Waals surface area contributed by atoms with Gasteiger partial charge in [0.25, 0.3) is 0 Å². The second kappa shape index (κ2) is 8.58. The number of carboxylic acids is 1. The number of halogens is 3. The van der Waals surface area contributed by atoms with E-state index >= 15 is 0 Å². The van der Waals surface area contributed by atoms with Crippen LogP contribution in [0.2, 0.25) is 0 Å². The third-order valence-electron chi connectivity index (χ3n) is 4.91. The second-order valence-electron chi connectivity index (χ2n) is 7.09. The van der Waals surface area contributed by atoms with Crippen molar-refractivity contribution in [2.75, 3.05) is 5.32 Å². The van der Waals surface area contributed by atoms with Gasteiger partial charge in [0.1, 0.15) is 0 Å². The molecular weight excluding hydrogens is 419 g/mol. The van der Waals surface area contributed by atoms with Crippen molar-refractivity contribution in [3.05, 3.63) is 102 Å². The predicted octanol–water partition coefficient (Wildman–Crippen LogP) is 5.87. The Balaban J connectivity index is 1.70. The fraction of sp³-hybridized carbons (Fsp3) is 0.0833. The maximum absolute atomic E-state index is 13.0. The standard InChI is InChI=1S/C24H18F3N3O2/c25-24(26,27)19-10-6-16(7-11-19)22-18(14-28-20-4-2-1-3-5-20)15-30(29-22)21-12-8-17(9-13-21)23(31)32/h1-13,15,28H,14H2,(H,31,32). The van der Waals surface area contributed by atoms with Crippen LogP contribution in [-0.2, 0) is 12.7 Å². The van der Waals surface area contributed by atoms with Gasteiger partial charge in [-0.2, -0.15) is 18.3 Å². The minimum Gasteiger partial charge on any atom is -0.478 e. The third-order valence-corrected chi connectivity index (χ3v) is 4.91. The Morgan fingerprint density at radius 2 is 1.59 bits per heavy atom. The molecule has 0 atom stereocenters. The summed E-state index contributed by atoms with van der Waals surface area (Å²) in [7, 11) is 0. The van der Waals surface area contributed by atoms with Crippen LogP contribution in [0.4, 0.5) is 18.9 Å². The van der Waals surface area contributed by atoms with E-state index < -0.39 is 17.7 Å². The van der Waals surface area contributed by atoms with Crippen LogP contribution >= 0.6 is 0 Å². The lowest BCUT2D eigenvalue weighted by Gasteiger charge is -2.08. The van der Waals surface area contributed by atoms with E-state index in [1.54, 1.807) is 23.0 Å². The highest BCUT2D eigenvalue weighted by atomic mass is 19.4. The van der Waals surface area contributed by atoms with Gasteiger partial charge in [-0.05, 0) is 48.5 Å². The average molecular weight is 437 g/mol. The topological polar surface area (TPSA) is 67.2 Å². The summed E-state index contributed by atoms with van der Waals surface area (Å²) >= 11 is 0. The molecule has 2 N–H and O–H groups in total. The summed E-state index contributed by atoms with van der Waals surface area (Å²) < 4.78 is 40.4. The molecule has 3 aromatic carbocycles. The van der Waals surface area contributed by atoms with Gasteiger partial charge in [-0.15, -0.1) is 0 Å². The number of benzene rings is 3. The molecule has 32 heavy (non-hydrogen) atoms. The molecule has 0 saturated carbocycles. The number of nitrogens with zero attached hydrogens (tertiary/aromatic N) is 2. The number of aromatic nitrogens is 2. The normalized spacial score (nSPS) is 11.3. The number of para-hydroxylation sites is 1. The van der Waals surface area contributed by atoms with Crippen LogP contribution in [0.25, 0.3) is 16.9 Å². The lowest BCUT2D eigenvalue weighted by molar-refractivity contribution is -0.137. The van der Waals surface area contributed by atoms with Gasteiger partial charge in [0, 0.05) is 29.6 Å². The highest BCUT2D eigenvalue weighted by Gasteiger charge is 2.30. The van der Waals surface area contributed by atoms with E-state index in [-0.39, 0.29) is 5.56 Å². The minimum absolute atomic E-state index is 0.148. The Labute approximate surface area is 181 Å². The second-order valence-corrected chi connectivity index (χ2v) is 7.09. The van der Waals surface area contributed by atoms with E-state index in [9.17, 15) is 18.0 Å². The molecule has 0 aliphatic carbocycles. The van der Waals surface area contributed by atoms with Crippen LogP contribution in [0.15, 0.2) is 85.1 Å². The number of rotatable bonds is 6. The molecule has 1 aromatic heterocycles. The summed E-state index contributed by atoms with van der Waals surface area (Å²) in [4.78, 5) is 11.1. The van der Waals surface area contributed by atoms with Gasteiger partial charge in [-0.3, -0.25) is 0 Å². The molecule has 0 radical (unpaired) electrons. The van der Waals surface area contributed by atoms with Gasteiger partial charge in [0.2, 0.25) is 0 Å². The van der Waals surface area contributed by atoms with Gasteiger partial charge in [-0.1, -0.05) is 30.3 Å². The van der Waals surface area contributed by atoms with E-state index in [1.165, 1.54) is 24.3 Å². The number of alkyl halides is 3. The predicted molar refractivity (Wildman–Crippen MR) is 115 cm³/mol. The number of nitrogens with one attached hydrogen (secondary N) is 1. The molecule has 0 amide bonds. The van der Waals surface area contributed by atoms with Crippen molar-refractivity contribution in [2.24, 2.45) is 0 Å². The van der Waals surface area contributed by atoms with Crippen LogP contribution < -0.4 is 5.32 Å². The van der Waals surface area contributed by atoms with E-state index in [0.717, 1.165) is 23.4 Å². The maximum Gasteiger partial charge on any atom is 0.416 e. The molecule has 0 aliphatic heterocycles. The highest BCUT2D eigenvalue weighted by molar-refractivity contribution is 5.87. The first-order chi connectivity index (χ1) is 15.3. The number of carboxylic acid groups (broad SMARTS) is 1. The summed E-state index contributed by atoms with van der Waals surface area (Å²) in [5.41, 5.74) is 2.80. The van der Waals surface area contributed by atoms with Crippen molar-refractivity contribution < 1.29 is 23.1 Å². The van der Waals surface area contributed by atoms with Crippen LogP contribution in [0, 0.1) is 0 Å². The minimum atomic E-state index is -4.42. The number of carbonyl (C=O) groups is 1. The van der Waals surface area contributed by atoms with Gasteiger partial charge in [-0.25, -0.2) is 9.48 Å². The Hall–Kier alpha value is -4.07. The summed E-state index contributed by atoms with van der Waals surface area (Å²) in [5, 5.41) is 17.0. The van der Waals surface area contributed by atoms with E-state index in [1.807, 2.05) is 30.3 Å². The zero-order valence-electron chi connectivity index (χ0n) is 16.7. The average Bonchev–Trinajstić information content (AvgIpc) is 3.22. The van der Waals surface area contributed by atoms with E-state index in [2.05, 4.69) is 10.4 Å². The van der Waals surface area contributed by atoms with Crippen molar-refractivity contribution in [1.82, 2.24) is 9.78 Å². The molecule has 5 nitrogen and oxygen atoms in total. The summed E-state index contributed by atoms with van der Waals surface area (Å²) in [5.74, 6) is -1.03. The van der Waals surface area contributed by atoms with Gasteiger partial charge >= 0.3 is 12.1 Å². The van der Waals surface area contributed by atoms with E-state index in [0.29, 0.717) is 23.5 Å². The molecule has 0 saturated heterocycles. The molecule has 0 fully saturated rings. The number of hydrogen-bond acceptors (Lipinski definition) is 3. The molecule has 0 unspecified atom stereocenters. The lowest BCUT2D eigenvalue weighted by atomic mass is 10.1. The molecule has 4 rings (SSSR count). The monoisotopic (exact) mass is 437 g/mol. The SMILES string of the molecule is O=C(O)c1ccc(-n2cc(CNc3ccccc3)c(-c3ccc(C(F)(F)F)cc3)n2)cc1. The Morgan fingerprint density at radius 3 is 2.19 bits per heavy atom. The summed E-state index contributed by atoms with van der Waals surface area (Å²) in [6.45, 7) is 0.396. The van der Waals surface area contributed by atoms with Gasteiger partial charge < -0.3 is 10.4 Å². The van der Waals surface area contributed by atoms with Crippen LogP contribution in [0.5, 0.6) is 0 Å². The largest absolute Gasteiger partial charge is 0.478 e. The Morgan fingerprint density at radius 1 is 0.938 bits per heavy atom. The molecule has 8 heteroatoms. The molecule has 4 aromatic rings. The summed E-state index contributed by atoms with van der Waals surface area (Å²) in [6.07, 6.45) is -2.64. The Kier molecular flexibility index (Phi) is 5.68. The lowest BCUT2D eigenvalue weighted by Crippen LogP contribution is -2.04. The molecule has 0 aliphatic rings. The fourth-order valence-corrected chi connectivity index (χ4v) is 3.24. The molecule has 1 heterocycles. The number of anilines is 1. The zero-order chi connectivity index (χ0) is 22.7. The van der Waals surface area contributed by atoms with Crippen molar-refractivity contribution in [3.8, 4) is 16.9 Å². The van der Waals surface area contributed by atoms with Gasteiger partial charge in [0.05, 0.1) is 22.5 Å².